The number of thiazole rings is 1. The van der Waals surface area contributed by atoms with Gasteiger partial charge in [-0.15, -0.1) is 23.1 Å². The molecule has 0 bridgehead atoms. The first kappa shape index (κ1) is 26.6. The van der Waals surface area contributed by atoms with Crippen molar-refractivity contribution in [2.45, 2.75) is 44.3 Å². The highest BCUT2D eigenvalue weighted by molar-refractivity contribution is 8.00. The number of carbonyl (C=O) groups excluding carboxylic acids is 5. The molecule has 4 heterocycles. The Labute approximate surface area is 219 Å². The summed E-state index contributed by atoms with van der Waals surface area (Å²) in [6.45, 7) is 4.82. The van der Waals surface area contributed by atoms with E-state index in [-0.39, 0.29) is 24.4 Å². The van der Waals surface area contributed by atoms with Gasteiger partial charge in [0, 0.05) is 17.1 Å². The number of hydrogen-bond acceptors (Lipinski definition) is 12. The van der Waals surface area contributed by atoms with Gasteiger partial charge in [-0.25, -0.2) is 9.78 Å². The Hall–Kier alpha value is -3.46. The summed E-state index contributed by atoms with van der Waals surface area (Å²) < 4.78 is 10.8. The highest BCUT2D eigenvalue weighted by Crippen LogP contribution is 2.51. The normalized spacial score (nSPS) is 26.3. The average Bonchev–Trinajstić information content (AvgIpc) is 3.40. The number of amides is 3. The number of esters is 2. The lowest BCUT2D eigenvalue weighted by atomic mass is 9.89. The number of nitrogens with two attached hydrogens (primary N) is 1. The Morgan fingerprint density at radius 1 is 1.38 bits per heavy atom. The summed E-state index contributed by atoms with van der Waals surface area (Å²) >= 11 is 2.58. The number of carbonyl (C=O) groups is 5. The number of β-lactam (4-membered cyclic amide) rings is 1. The van der Waals surface area contributed by atoms with E-state index >= 15 is 0 Å². The molecular weight excluding hydrogens is 526 g/mol. The third-order valence-corrected chi connectivity index (χ3v) is 8.02. The van der Waals surface area contributed by atoms with E-state index in [4.69, 9.17) is 20.0 Å². The molecule has 3 amide bonds. The molecule has 1 aromatic rings. The number of oxime groups is 1. The van der Waals surface area contributed by atoms with E-state index in [1.807, 2.05) is 13.8 Å². The molecule has 15 heteroatoms. The number of thioether (sulfide) groups is 1. The van der Waals surface area contributed by atoms with Crippen LogP contribution >= 0.6 is 23.1 Å². The molecule has 1 aromatic heterocycles. The maximum atomic E-state index is 13.3. The second kappa shape index (κ2) is 10.5. The van der Waals surface area contributed by atoms with Crippen LogP contribution in [0.2, 0.25) is 0 Å². The molecule has 37 heavy (non-hydrogen) atoms. The lowest BCUT2D eigenvalue weighted by Gasteiger charge is -2.56. The van der Waals surface area contributed by atoms with E-state index in [0.29, 0.717) is 10.8 Å². The summed E-state index contributed by atoms with van der Waals surface area (Å²) in [4.78, 5) is 73.0. The Bertz CT molecular complexity index is 1210. The minimum atomic E-state index is -1.88. The van der Waals surface area contributed by atoms with Gasteiger partial charge in [-0.05, 0) is 26.8 Å². The second-order valence-electron chi connectivity index (χ2n) is 8.77. The zero-order chi connectivity index (χ0) is 26.9. The third kappa shape index (κ3) is 5.05. The average molecular weight is 552 g/mol. The van der Waals surface area contributed by atoms with Gasteiger partial charge in [0.1, 0.15) is 23.7 Å². The van der Waals surface area contributed by atoms with Crippen LogP contribution in [0.1, 0.15) is 31.0 Å². The molecule has 0 spiro atoms. The fourth-order valence-corrected chi connectivity index (χ4v) is 6.29. The van der Waals surface area contributed by atoms with Crippen molar-refractivity contribution in [1.82, 2.24) is 15.2 Å². The van der Waals surface area contributed by atoms with Crippen LogP contribution in [0.3, 0.4) is 0 Å². The first-order chi connectivity index (χ1) is 17.5. The van der Waals surface area contributed by atoms with E-state index in [1.54, 1.807) is 18.4 Å². The number of nitrogens with one attached hydrogen (secondary N) is 1. The van der Waals surface area contributed by atoms with Crippen LogP contribution in [0.5, 0.6) is 0 Å². The number of ether oxygens (including phenoxy) is 2. The Balaban J connectivity index is 1.54. The summed E-state index contributed by atoms with van der Waals surface area (Å²) in [5.41, 5.74) is 4.04. The zero-order valence-corrected chi connectivity index (χ0v) is 21.8. The highest BCUT2D eigenvalue weighted by Gasteiger charge is 2.71. The maximum absolute atomic E-state index is 13.3. The Morgan fingerprint density at radius 3 is 2.78 bits per heavy atom. The van der Waals surface area contributed by atoms with Gasteiger partial charge >= 0.3 is 11.9 Å². The fraction of sp³-hybridized carbons (Fsp3) is 0.500. The van der Waals surface area contributed by atoms with Crippen molar-refractivity contribution in [1.29, 1.82) is 0 Å². The van der Waals surface area contributed by atoms with Crippen LogP contribution < -0.4 is 11.1 Å². The van der Waals surface area contributed by atoms with Gasteiger partial charge in [0.2, 0.25) is 0 Å². The largest absolute Gasteiger partial charge is 0.457 e. The molecule has 3 aliphatic heterocycles. The quantitative estimate of drug-likeness (QED) is 0.137. The molecular formula is C22H25N5O8S2. The minimum absolute atomic E-state index is 0.0323. The summed E-state index contributed by atoms with van der Waals surface area (Å²) in [6, 6.07) is -1.04. The van der Waals surface area contributed by atoms with E-state index in [0.717, 1.165) is 5.57 Å². The predicted octanol–water partition coefficient (Wildman–Crippen LogP) is -0.174. The molecule has 0 aliphatic carbocycles. The number of primary amides is 1. The van der Waals surface area contributed by atoms with Crippen molar-refractivity contribution in [2.24, 2.45) is 16.8 Å². The van der Waals surface area contributed by atoms with Crippen molar-refractivity contribution in [3.05, 3.63) is 27.7 Å². The van der Waals surface area contributed by atoms with Crippen LogP contribution in [0.15, 0.2) is 22.2 Å². The molecule has 3 saturated heterocycles. The Morgan fingerprint density at radius 2 is 2.14 bits per heavy atom. The topological polar surface area (TPSA) is 180 Å². The number of rotatable bonds is 9. The molecule has 198 valence electrons. The number of allylic oxidation sites excluding steroid dienone is 1. The monoisotopic (exact) mass is 551 g/mol. The van der Waals surface area contributed by atoms with Gasteiger partial charge in [0.05, 0.1) is 11.4 Å². The molecule has 0 saturated carbocycles. The molecule has 13 nitrogen and oxygen atoms in total. The number of nitrogens with zero attached hydrogens (tertiary/aromatic N) is 3. The number of aromatic nitrogens is 1. The van der Waals surface area contributed by atoms with Gasteiger partial charge < -0.3 is 25.4 Å². The number of hydrogen-bond donors (Lipinski definition) is 2. The van der Waals surface area contributed by atoms with Gasteiger partial charge in [-0.2, -0.15) is 0 Å². The summed E-state index contributed by atoms with van der Waals surface area (Å²) in [6.07, 6.45) is 1.66. The zero-order valence-electron chi connectivity index (χ0n) is 20.2. The molecule has 0 aromatic carbocycles. The second-order valence-corrected chi connectivity index (χ2v) is 11.0. The van der Waals surface area contributed by atoms with Crippen molar-refractivity contribution < 1.29 is 38.3 Å². The van der Waals surface area contributed by atoms with Crippen LogP contribution in [0, 0.1) is 12.8 Å². The van der Waals surface area contributed by atoms with Crippen molar-refractivity contribution in [3.63, 3.8) is 0 Å². The van der Waals surface area contributed by atoms with Gasteiger partial charge in [0.25, 0.3) is 23.4 Å². The van der Waals surface area contributed by atoms with E-state index in [9.17, 15) is 24.0 Å². The van der Waals surface area contributed by atoms with Gasteiger partial charge in [-0.1, -0.05) is 10.7 Å². The third-order valence-electron chi connectivity index (χ3n) is 5.83. The highest BCUT2D eigenvalue weighted by atomic mass is 32.2. The van der Waals surface area contributed by atoms with Crippen LogP contribution in [0.25, 0.3) is 0 Å². The first-order valence-corrected chi connectivity index (χ1v) is 13.2. The number of aryl methyl sites for hydroxylation is 1. The lowest BCUT2D eigenvalue weighted by Crippen LogP contribution is -2.80. The molecule has 0 unspecified atom stereocenters. The summed E-state index contributed by atoms with van der Waals surface area (Å²) in [7, 11) is 0. The summed E-state index contributed by atoms with van der Waals surface area (Å²) in [5.74, 6) is -3.87. The van der Waals surface area contributed by atoms with Crippen molar-refractivity contribution in [2.75, 3.05) is 19.0 Å². The standard InChI is InChI=1S/C22H25N5O8S2/c1-10(2)4-5-33-21(32)22-12(6-15(29)35-22)8-37-20-17(19(31)27(20)22)25-18(30)16(26-34-7-14(23)28)13-9-36-11(3)24-13/h4,9,12,17,20H,5-8H2,1-3H3,(H2,23,28)(H,25,30)/b26-16-/t12-,17+,20+,22+/m0/s1. The maximum Gasteiger partial charge on any atom is 0.373 e. The van der Waals surface area contributed by atoms with Crippen molar-refractivity contribution >= 4 is 58.5 Å². The molecule has 3 fully saturated rings. The van der Waals surface area contributed by atoms with Crippen LogP contribution in [-0.4, -0.2) is 81.4 Å². The Kier molecular flexibility index (Phi) is 7.54. The first-order valence-electron chi connectivity index (χ1n) is 11.2. The molecule has 0 radical (unpaired) electrons. The SMILES string of the molecule is CC(C)=CCOC(=O)[C@]12OC(=O)C[C@H]1CS[C@@H]1[C@H](NC(=O)/C(=N\OCC(N)=O)c3csc(C)n3)C(=O)N12. The van der Waals surface area contributed by atoms with Gasteiger partial charge in [-0.3, -0.25) is 24.1 Å². The van der Waals surface area contributed by atoms with E-state index < -0.39 is 59.3 Å². The fourth-order valence-electron chi connectivity index (χ4n) is 4.13. The van der Waals surface area contributed by atoms with Gasteiger partial charge in [0.15, 0.2) is 12.3 Å². The molecule has 4 rings (SSSR count). The van der Waals surface area contributed by atoms with E-state index in [1.165, 1.54) is 28.0 Å². The number of fused-ring (bicyclic) bond motifs is 3. The smallest absolute Gasteiger partial charge is 0.373 e. The van der Waals surface area contributed by atoms with Crippen LogP contribution in [0.4, 0.5) is 0 Å². The van der Waals surface area contributed by atoms with Crippen molar-refractivity contribution in [3.8, 4) is 0 Å². The van der Waals surface area contributed by atoms with E-state index in [2.05, 4.69) is 15.5 Å². The lowest BCUT2D eigenvalue weighted by molar-refractivity contribution is -0.218. The minimum Gasteiger partial charge on any atom is -0.457 e. The molecule has 3 aliphatic rings. The molecule has 3 N–H and O–H groups in total. The molecule has 4 atom stereocenters. The van der Waals surface area contributed by atoms with Crippen LogP contribution in [-0.2, 0) is 38.3 Å². The predicted molar refractivity (Wildman–Crippen MR) is 131 cm³/mol. The summed E-state index contributed by atoms with van der Waals surface area (Å²) in [5, 5.41) is 7.84.